The van der Waals surface area contributed by atoms with Crippen LogP contribution in [0.15, 0.2) is 21.5 Å². The van der Waals surface area contributed by atoms with Crippen LogP contribution in [-0.4, -0.2) is 4.98 Å². The van der Waals surface area contributed by atoms with E-state index in [1.165, 1.54) is 4.70 Å². The zero-order chi connectivity index (χ0) is 8.72. The van der Waals surface area contributed by atoms with Gasteiger partial charge in [0.15, 0.2) is 0 Å². The van der Waals surface area contributed by atoms with Crippen molar-refractivity contribution >= 4 is 50.1 Å². The first-order valence-electron chi connectivity index (χ1n) is 3.42. The van der Waals surface area contributed by atoms with Crippen LogP contribution >= 0.6 is 39.9 Å². The molecule has 0 bridgehead atoms. The Hall–Kier alpha value is -0.0600. The lowest BCUT2D eigenvalue weighted by molar-refractivity contribution is 1.33. The van der Waals surface area contributed by atoms with Crippen molar-refractivity contribution in [3.8, 4) is 0 Å². The molecule has 0 aliphatic heterocycles. The van der Waals surface area contributed by atoms with Gasteiger partial charge in [-0.3, -0.25) is 0 Å². The lowest BCUT2D eigenvalue weighted by atomic mass is 10.3. The number of thiazole rings is 1. The van der Waals surface area contributed by atoms with Crippen molar-refractivity contribution in [3.05, 3.63) is 21.6 Å². The van der Waals surface area contributed by atoms with Crippen molar-refractivity contribution in [2.24, 2.45) is 0 Å². The second kappa shape index (κ2) is 3.01. The average molecular weight is 260 g/mol. The van der Waals surface area contributed by atoms with Gasteiger partial charge in [0.2, 0.25) is 0 Å². The van der Waals surface area contributed by atoms with Gasteiger partial charge in [0.25, 0.3) is 0 Å². The summed E-state index contributed by atoms with van der Waals surface area (Å²) in [5.74, 6) is 0. The number of hydrogen-bond donors (Lipinski definition) is 1. The molecule has 0 unspecified atom stereocenters. The smallest absolute Gasteiger partial charge is 0.0907 e. The highest BCUT2D eigenvalue weighted by atomic mass is 79.9. The number of aromatic nitrogens is 1. The largest absolute Gasteiger partial charge is 0.241 e. The summed E-state index contributed by atoms with van der Waals surface area (Å²) >= 11 is 9.42. The first-order chi connectivity index (χ1) is 5.66. The SMILES string of the molecule is Cc1nc2cc(Br)c(S)cc2s1. The zero-order valence-electron chi connectivity index (χ0n) is 6.34. The Balaban J connectivity index is 2.83. The van der Waals surface area contributed by atoms with Gasteiger partial charge >= 0.3 is 0 Å². The van der Waals surface area contributed by atoms with Crippen LogP contribution in [0.3, 0.4) is 0 Å². The summed E-state index contributed by atoms with van der Waals surface area (Å²) in [5.41, 5.74) is 1.04. The van der Waals surface area contributed by atoms with Crippen molar-refractivity contribution < 1.29 is 0 Å². The van der Waals surface area contributed by atoms with E-state index < -0.39 is 0 Å². The fourth-order valence-corrected chi connectivity index (χ4v) is 2.51. The highest BCUT2D eigenvalue weighted by Gasteiger charge is 2.03. The number of nitrogens with zero attached hydrogens (tertiary/aromatic N) is 1. The predicted octanol–water partition coefficient (Wildman–Crippen LogP) is 3.66. The number of thiol groups is 1. The molecule has 0 amide bonds. The molecular weight excluding hydrogens is 254 g/mol. The normalized spacial score (nSPS) is 10.9. The topological polar surface area (TPSA) is 12.9 Å². The minimum atomic E-state index is 0.964. The molecule has 62 valence electrons. The number of benzene rings is 1. The maximum absolute atomic E-state index is 4.37. The summed E-state index contributed by atoms with van der Waals surface area (Å²) in [6.45, 7) is 2.01. The van der Waals surface area contributed by atoms with E-state index in [4.69, 9.17) is 0 Å². The highest BCUT2D eigenvalue weighted by Crippen LogP contribution is 2.29. The Morgan fingerprint density at radius 1 is 1.50 bits per heavy atom. The van der Waals surface area contributed by atoms with E-state index in [9.17, 15) is 0 Å². The first-order valence-corrected chi connectivity index (χ1v) is 5.48. The molecule has 1 heterocycles. The van der Waals surface area contributed by atoms with Gasteiger partial charge in [0.1, 0.15) is 0 Å². The number of halogens is 1. The van der Waals surface area contributed by atoms with Crippen LogP contribution in [0.5, 0.6) is 0 Å². The number of fused-ring (bicyclic) bond motifs is 1. The van der Waals surface area contributed by atoms with Crippen LogP contribution in [0.25, 0.3) is 10.2 Å². The Labute approximate surface area is 88.4 Å². The van der Waals surface area contributed by atoms with E-state index in [1.807, 2.05) is 19.1 Å². The average Bonchev–Trinajstić information content (AvgIpc) is 2.30. The lowest BCUT2D eigenvalue weighted by Gasteiger charge is -1.94. The molecule has 0 fully saturated rings. The van der Waals surface area contributed by atoms with Crippen LogP contribution in [-0.2, 0) is 0 Å². The third kappa shape index (κ3) is 1.39. The van der Waals surface area contributed by atoms with Gasteiger partial charge in [-0.2, -0.15) is 0 Å². The fraction of sp³-hybridized carbons (Fsp3) is 0.125. The van der Waals surface area contributed by atoms with E-state index in [2.05, 4.69) is 33.5 Å². The van der Waals surface area contributed by atoms with Crippen LogP contribution in [0.1, 0.15) is 5.01 Å². The second-order valence-corrected chi connectivity index (χ2v) is 5.08. The maximum Gasteiger partial charge on any atom is 0.0907 e. The molecule has 0 N–H and O–H groups in total. The molecule has 0 spiro atoms. The summed E-state index contributed by atoms with van der Waals surface area (Å²) < 4.78 is 2.20. The van der Waals surface area contributed by atoms with Crippen molar-refractivity contribution in [1.29, 1.82) is 0 Å². The number of aryl methyl sites for hydroxylation is 1. The van der Waals surface area contributed by atoms with Crippen molar-refractivity contribution in [3.63, 3.8) is 0 Å². The minimum Gasteiger partial charge on any atom is -0.241 e. The highest BCUT2D eigenvalue weighted by molar-refractivity contribution is 9.10. The van der Waals surface area contributed by atoms with E-state index in [0.29, 0.717) is 0 Å². The first kappa shape index (κ1) is 8.53. The molecule has 1 nitrogen and oxygen atoms in total. The molecule has 1 aromatic heterocycles. The molecule has 4 heteroatoms. The molecule has 0 atom stereocenters. The molecule has 12 heavy (non-hydrogen) atoms. The van der Waals surface area contributed by atoms with Crippen molar-refractivity contribution in [2.75, 3.05) is 0 Å². The van der Waals surface area contributed by atoms with Gasteiger partial charge in [-0.05, 0) is 35.0 Å². The Morgan fingerprint density at radius 3 is 3.00 bits per heavy atom. The molecule has 2 aromatic rings. The van der Waals surface area contributed by atoms with Crippen molar-refractivity contribution in [2.45, 2.75) is 11.8 Å². The Kier molecular flexibility index (Phi) is 2.14. The van der Waals surface area contributed by atoms with Gasteiger partial charge in [-0.15, -0.1) is 24.0 Å². The summed E-state index contributed by atoms with van der Waals surface area (Å²) in [7, 11) is 0. The predicted molar refractivity (Wildman–Crippen MR) is 59.3 cm³/mol. The third-order valence-electron chi connectivity index (χ3n) is 1.56. The van der Waals surface area contributed by atoms with Gasteiger partial charge in [0.05, 0.1) is 15.2 Å². The Morgan fingerprint density at radius 2 is 2.25 bits per heavy atom. The molecular formula is C8H6BrNS2. The van der Waals surface area contributed by atoms with Crippen LogP contribution in [0, 0.1) is 6.92 Å². The maximum atomic E-state index is 4.37. The van der Waals surface area contributed by atoms with E-state index in [0.717, 1.165) is 19.9 Å². The summed E-state index contributed by atoms with van der Waals surface area (Å²) in [6, 6.07) is 4.04. The number of rotatable bonds is 0. The summed E-state index contributed by atoms with van der Waals surface area (Å²) in [4.78, 5) is 5.33. The second-order valence-electron chi connectivity index (χ2n) is 2.50. The zero-order valence-corrected chi connectivity index (χ0v) is 9.63. The monoisotopic (exact) mass is 259 g/mol. The summed E-state index contributed by atoms with van der Waals surface area (Å²) in [6.07, 6.45) is 0. The molecule has 2 rings (SSSR count). The van der Waals surface area contributed by atoms with Gasteiger partial charge < -0.3 is 0 Å². The lowest BCUT2D eigenvalue weighted by Crippen LogP contribution is -1.71. The molecule has 0 aliphatic rings. The molecule has 0 radical (unpaired) electrons. The van der Waals surface area contributed by atoms with E-state index in [-0.39, 0.29) is 0 Å². The van der Waals surface area contributed by atoms with Gasteiger partial charge in [0, 0.05) is 9.37 Å². The molecule has 0 saturated carbocycles. The van der Waals surface area contributed by atoms with Crippen LogP contribution < -0.4 is 0 Å². The third-order valence-corrected chi connectivity index (χ3v) is 3.83. The van der Waals surface area contributed by atoms with E-state index >= 15 is 0 Å². The number of hydrogen-bond acceptors (Lipinski definition) is 3. The minimum absolute atomic E-state index is 0.964. The molecule has 1 aromatic carbocycles. The summed E-state index contributed by atoms with van der Waals surface area (Å²) in [5, 5.41) is 1.09. The molecule has 0 saturated heterocycles. The van der Waals surface area contributed by atoms with Crippen molar-refractivity contribution in [1.82, 2.24) is 4.98 Å². The van der Waals surface area contributed by atoms with Gasteiger partial charge in [-0.1, -0.05) is 0 Å². The molecule has 0 aliphatic carbocycles. The van der Waals surface area contributed by atoms with Crippen LogP contribution in [0.4, 0.5) is 0 Å². The van der Waals surface area contributed by atoms with E-state index in [1.54, 1.807) is 11.3 Å². The standard InChI is InChI=1S/C8H6BrNS2/c1-4-10-6-2-5(9)7(11)3-8(6)12-4/h2-3,11H,1H3. The fourth-order valence-electron chi connectivity index (χ4n) is 1.05. The van der Waals surface area contributed by atoms with Crippen LogP contribution in [0.2, 0.25) is 0 Å². The quantitative estimate of drug-likeness (QED) is 0.713. The Bertz CT molecular complexity index is 397. The van der Waals surface area contributed by atoms with Gasteiger partial charge in [-0.25, -0.2) is 4.98 Å².